The number of anilines is 1. The largest absolute Gasteiger partial charge is 0.490 e. The van der Waals surface area contributed by atoms with Crippen LogP contribution in [0.2, 0.25) is 5.02 Å². The molecule has 7 rings (SSSR count). The molecule has 5 N–H and O–H groups in total. The molecule has 4 aliphatic rings. The van der Waals surface area contributed by atoms with Crippen molar-refractivity contribution in [2.75, 3.05) is 12.8 Å². The molecule has 38 heavy (non-hydrogen) atoms. The summed E-state index contributed by atoms with van der Waals surface area (Å²) < 4.78 is 6.26. The molecule has 1 amide bonds. The average molecular weight is 530 g/mol. The number of piperidine rings is 1. The Morgan fingerprint density at radius 2 is 1.71 bits per heavy atom. The Kier molecular flexibility index (Phi) is 6.62. The Morgan fingerprint density at radius 3 is 2.37 bits per heavy atom. The van der Waals surface area contributed by atoms with E-state index in [4.69, 9.17) is 27.5 Å². The number of carbonyl (C=O) groups excluding carboxylic acids is 1. The number of benzene rings is 3. The molecule has 6 nitrogen and oxygen atoms in total. The van der Waals surface area contributed by atoms with Gasteiger partial charge in [-0.1, -0.05) is 29.8 Å². The molecule has 2 aliphatic heterocycles. The summed E-state index contributed by atoms with van der Waals surface area (Å²) in [4.78, 5) is 15.8. The standard InChI is InChI=1S/C31H33ClN4O2/c1-36-21-15-22(36)17-24(16-21)38-23-11-8-18(9-12-23)29(34)26-14-20(10-13-28(26)33)31(37)35-30(19-6-7-19)25-4-2-3-5-27(25)32/h2-5,8-14,19,21-22,24,30,34H,6-7,15-17,33H2,1H3,(H,35,37)/p+1. The van der Waals surface area contributed by atoms with Crippen LogP contribution in [0.3, 0.4) is 0 Å². The number of ether oxygens (including phenoxy) is 1. The van der Waals surface area contributed by atoms with E-state index in [1.807, 2.05) is 48.5 Å². The van der Waals surface area contributed by atoms with Crippen molar-refractivity contribution >= 4 is 28.9 Å². The molecule has 3 aromatic carbocycles. The summed E-state index contributed by atoms with van der Waals surface area (Å²) >= 11 is 6.46. The van der Waals surface area contributed by atoms with Crippen LogP contribution in [0, 0.1) is 5.92 Å². The van der Waals surface area contributed by atoms with Gasteiger partial charge < -0.3 is 20.7 Å². The smallest absolute Gasteiger partial charge is 0.251 e. The van der Waals surface area contributed by atoms with E-state index in [0.717, 1.165) is 42.6 Å². The van der Waals surface area contributed by atoms with Gasteiger partial charge >= 0.3 is 0 Å². The van der Waals surface area contributed by atoms with Crippen molar-refractivity contribution in [3.8, 4) is 5.75 Å². The molecular formula is C31H34ClN4O2+. The van der Waals surface area contributed by atoms with Gasteiger partial charge in [-0.25, -0.2) is 0 Å². The van der Waals surface area contributed by atoms with Crippen molar-refractivity contribution in [3.63, 3.8) is 0 Å². The molecule has 7 heteroatoms. The van der Waals surface area contributed by atoms with Crippen molar-refractivity contribution in [1.29, 1.82) is 0 Å². The lowest BCUT2D eigenvalue weighted by Crippen LogP contribution is -2.60. The van der Waals surface area contributed by atoms with Crippen LogP contribution >= 0.6 is 11.6 Å². The van der Waals surface area contributed by atoms with E-state index in [9.17, 15) is 4.79 Å². The van der Waals surface area contributed by atoms with E-state index in [1.165, 1.54) is 6.42 Å². The third kappa shape index (κ3) is 4.91. The molecule has 3 aromatic rings. The Balaban J connectivity index is 1.15. The molecule has 2 saturated carbocycles. The van der Waals surface area contributed by atoms with E-state index < -0.39 is 0 Å². The predicted molar refractivity (Wildman–Crippen MR) is 150 cm³/mol. The second-order valence-electron chi connectivity index (χ2n) is 11.0. The van der Waals surface area contributed by atoms with Gasteiger partial charge in [0.05, 0.1) is 11.6 Å². The third-order valence-electron chi connectivity index (χ3n) is 8.46. The SMILES string of the molecule is CN1C2CC(Oc3ccc(C(=[NH2+])c4cc(C(=O)NC(c5ccccc5Cl)C5CC5)ccc4N)cc3)CC1C2. The summed E-state index contributed by atoms with van der Waals surface area (Å²) in [5, 5.41) is 10.4. The Bertz CT molecular complexity index is 1360. The first-order valence-electron chi connectivity index (χ1n) is 13.4. The molecule has 2 aliphatic carbocycles. The molecule has 3 atom stereocenters. The number of nitrogens with zero attached hydrogens (tertiary/aromatic N) is 1. The molecule has 0 spiro atoms. The van der Waals surface area contributed by atoms with Gasteiger partial charge in [0.15, 0.2) is 0 Å². The predicted octanol–water partition coefficient (Wildman–Crippen LogP) is 4.01. The van der Waals surface area contributed by atoms with Crippen molar-refractivity contribution in [1.82, 2.24) is 10.2 Å². The molecule has 0 aromatic heterocycles. The van der Waals surface area contributed by atoms with Crippen LogP contribution in [-0.2, 0) is 0 Å². The van der Waals surface area contributed by atoms with E-state index in [1.54, 1.807) is 18.2 Å². The van der Waals surface area contributed by atoms with Gasteiger partial charge in [0.25, 0.3) is 5.91 Å². The van der Waals surface area contributed by atoms with Gasteiger partial charge in [-0.2, -0.15) is 0 Å². The molecule has 2 bridgehead atoms. The monoisotopic (exact) mass is 529 g/mol. The zero-order chi connectivity index (χ0) is 26.4. The molecule has 4 fully saturated rings. The van der Waals surface area contributed by atoms with Gasteiger partial charge in [0.2, 0.25) is 5.71 Å². The maximum Gasteiger partial charge on any atom is 0.251 e. The van der Waals surface area contributed by atoms with Crippen LogP contribution in [0.4, 0.5) is 5.69 Å². The third-order valence-corrected chi connectivity index (χ3v) is 8.80. The minimum absolute atomic E-state index is 0.124. The first-order chi connectivity index (χ1) is 18.4. The number of halogens is 1. The van der Waals surface area contributed by atoms with Crippen molar-refractivity contribution in [2.45, 2.75) is 56.3 Å². The lowest BCUT2D eigenvalue weighted by Gasteiger charge is -2.53. The first kappa shape index (κ1) is 25.0. The van der Waals surface area contributed by atoms with Crippen molar-refractivity contribution in [2.24, 2.45) is 5.92 Å². The van der Waals surface area contributed by atoms with Crippen LogP contribution in [0.5, 0.6) is 5.75 Å². The van der Waals surface area contributed by atoms with Crippen LogP contribution in [-0.4, -0.2) is 41.8 Å². The van der Waals surface area contributed by atoms with Crippen LogP contribution in [0.1, 0.15) is 65.2 Å². The Hall–Kier alpha value is -3.35. The number of rotatable bonds is 8. The highest BCUT2D eigenvalue weighted by Crippen LogP contribution is 2.43. The summed E-state index contributed by atoms with van der Waals surface area (Å²) in [6, 6.07) is 21.9. The summed E-state index contributed by atoms with van der Waals surface area (Å²) in [5.74, 6) is 1.07. The number of carbonyl (C=O) groups is 1. The number of hydrogen-bond acceptors (Lipinski definition) is 4. The fraction of sp³-hybridized carbons (Fsp3) is 0.355. The molecular weight excluding hydrogens is 496 g/mol. The second-order valence-corrected chi connectivity index (χ2v) is 11.4. The van der Waals surface area contributed by atoms with Gasteiger partial charge in [-0.3, -0.25) is 10.2 Å². The van der Waals surface area contributed by atoms with Gasteiger partial charge in [-0.05, 0) is 99.2 Å². The van der Waals surface area contributed by atoms with Crippen molar-refractivity contribution < 1.29 is 14.9 Å². The van der Waals surface area contributed by atoms with E-state index >= 15 is 0 Å². The van der Waals surface area contributed by atoms with Crippen LogP contribution in [0.25, 0.3) is 0 Å². The number of nitrogens with two attached hydrogens (primary N) is 2. The maximum atomic E-state index is 13.3. The minimum atomic E-state index is -0.171. The quantitative estimate of drug-likeness (QED) is 0.303. The van der Waals surface area contributed by atoms with E-state index in [2.05, 4.69) is 17.3 Å². The lowest BCUT2D eigenvalue weighted by molar-refractivity contribution is -0.111. The Morgan fingerprint density at radius 1 is 1.03 bits per heavy atom. The average Bonchev–Trinajstić information content (AvgIpc) is 3.78. The highest BCUT2D eigenvalue weighted by Gasteiger charge is 2.43. The normalized spacial score (nSPS) is 23.3. The van der Waals surface area contributed by atoms with E-state index in [-0.39, 0.29) is 18.1 Å². The maximum absolute atomic E-state index is 13.3. The van der Waals surface area contributed by atoms with E-state index in [0.29, 0.717) is 45.6 Å². The van der Waals surface area contributed by atoms with Crippen LogP contribution < -0.4 is 21.2 Å². The molecule has 0 radical (unpaired) electrons. The van der Waals surface area contributed by atoms with Crippen LogP contribution in [0.15, 0.2) is 66.7 Å². The highest BCUT2D eigenvalue weighted by molar-refractivity contribution is 6.31. The summed E-state index contributed by atoms with van der Waals surface area (Å²) in [7, 11) is 2.21. The summed E-state index contributed by atoms with van der Waals surface area (Å²) in [6.07, 6.45) is 5.85. The fourth-order valence-corrected chi connectivity index (χ4v) is 6.21. The lowest BCUT2D eigenvalue weighted by atomic mass is 9.78. The fourth-order valence-electron chi connectivity index (χ4n) is 5.95. The molecule has 2 heterocycles. The highest BCUT2D eigenvalue weighted by atomic mass is 35.5. The number of fused-ring (bicyclic) bond motifs is 2. The van der Waals surface area contributed by atoms with Gasteiger partial charge in [0, 0.05) is 33.9 Å². The number of nitrogen functional groups attached to an aromatic ring is 1. The Labute approximate surface area is 228 Å². The topological polar surface area (TPSA) is 93.2 Å². The second kappa shape index (κ2) is 10.1. The van der Waals surface area contributed by atoms with Gasteiger partial charge in [0.1, 0.15) is 11.9 Å². The van der Waals surface area contributed by atoms with Gasteiger partial charge in [-0.15, -0.1) is 0 Å². The molecule has 196 valence electrons. The number of nitrogens with one attached hydrogen (secondary N) is 1. The zero-order valence-electron chi connectivity index (χ0n) is 21.6. The zero-order valence-corrected chi connectivity index (χ0v) is 22.3. The van der Waals surface area contributed by atoms with Crippen molar-refractivity contribution in [3.05, 3.63) is 94.0 Å². The minimum Gasteiger partial charge on any atom is -0.490 e. The summed E-state index contributed by atoms with van der Waals surface area (Å²) in [5.41, 5.74) is 10.3. The first-order valence-corrected chi connectivity index (χ1v) is 13.8. The summed E-state index contributed by atoms with van der Waals surface area (Å²) in [6.45, 7) is 0. The number of amides is 1. The molecule has 2 saturated heterocycles. The number of hydrogen-bond donors (Lipinski definition) is 3. The molecule has 3 unspecified atom stereocenters.